The zero-order chi connectivity index (χ0) is 15.8. The van der Waals surface area contributed by atoms with Crippen molar-refractivity contribution in [2.45, 2.75) is 13.5 Å². The maximum absolute atomic E-state index is 12.5. The number of amides is 1. The van der Waals surface area contributed by atoms with Crippen LogP contribution in [-0.4, -0.2) is 20.3 Å². The van der Waals surface area contributed by atoms with Gasteiger partial charge in [0.25, 0.3) is 5.91 Å². The molecule has 6 heteroatoms. The van der Waals surface area contributed by atoms with E-state index in [1.807, 2.05) is 53.8 Å². The molecular weight excluding hydrogens is 308 g/mol. The Morgan fingerprint density at radius 1 is 1.22 bits per heavy atom. The Hall–Kier alpha value is -2.73. The third kappa shape index (κ3) is 2.37. The van der Waals surface area contributed by atoms with Crippen LogP contribution in [-0.2, 0) is 6.54 Å². The molecule has 0 aliphatic carbocycles. The van der Waals surface area contributed by atoms with Gasteiger partial charge in [-0.05, 0) is 31.2 Å². The lowest BCUT2D eigenvalue weighted by Gasteiger charge is -2.04. The number of hydrogen-bond acceptors (Lipinski definition) is 4. The molecule has 1 aromatic carbocycles. The Balaban J connectivity index is 1.66. The number of aryl methyl sites for hydroxylation is 1. The van der Waals surface area contributed by atoms with Gasteiger partial charge < -0.3 is 5.32 Å². The van der Waals surface area contributed by atoms with Gasteiger partial charge in [0.2, 0.25) is 0 Å². The Morgan fingerprint density at radius 2 is 2.04 bits per heavy atom. The van der Waals surface area contributed by atoms with Crippen LogP contribution >= 0.6 is 11.3 Å². The number of thiazole rings is 1. The summed E-state index contributed by atoms with van der Waals surface area (Å²) in [6, 6.07) is 13.6. The van der Waals surface area contributed by atoms with Gasteiger partial charge in [0.05, 0.1) is 23.3 Å². The van der Waals surface area contributed by atoms with E-state index in [0.717, 1.165) is 27.4 Å². The molecule has 0 bridgehead atoms. The number of nitrogens with zero attached hydrogens (tertiary/aromatic N) is 3. The van der Waals surface area contributed by atoms with Crippen molar-refractivity contribution in [3.05, 3.63) is 64.9 Å². The topological polar surface area (TPSA) is 59.3 Å². The molecule has 0 spiro atoms. The van der Waals surface area contributed by atoms with Crippen molar-refractivity contribution in [1.29, 1.82) is 0 Å². The average Bonchev–Trinajstić information content (AvgIpc) is 3.10. The van der Waals surface area contributed by atoms with Crippen LogP contribution in [0.15, 0.2) is 48.7 Å². The van der Waals surface area contributed by atoms with Crippen molar-refractivity contribution in [3.63, 3.8) is 0 Å². The molecule has 0 radical (unpaired) electrons. The molecule has 1 N–H and O–H groups in total. The highest BCUT2D eigenvalue weighted by Crippen LogP contribution is 2.27. The first-order valence-corrected chi connectivity index (χ1v) is 8.10. The lowest BCUT2D eigenvalue weighted by molar-refractivity contribution is 0.0953. The van der Waals surface area contributed by atoms with E-state index < -0.39 is 0 Å². The van der Waals surface area contributed by atoms with E-state index in [2.05, 4.69) is 15.3 Å². The van der Waals surface area contributed by atoms with Gasteiger partial charge in [-0.3, -0.25) is 14.2 Å². The van der Waals surface area contributed by atoms with Crippen LogP contribution in [0.25, 0.3) is 16.0 Å². The maximum Gasteiger partial charge on any atom is 0.263 e. The fraction of sp³-hybridized carbons (Fsp3) is 0.118. The quantitative estimate of drug-likeness (QED) is 0.630. The second-order valence-electron chi connectivity index (χ2n) is 5.24. The van der Waals surface area contributed by atoms with Crippen LogP contribution in [0.3, 0.4) is 0 Å². The first kappa shape index (κ1) is 13.9. The molecule has 3 aromatic heterocycles. The van der Waals surface area contributed by atoms with Gasteiger partial charge in [-0.25, -0.2) is 4.98 Å². The summed E-state index contributed by atoms with van der Waals surface area (Å²) in [4.78, 5) is 22.8. The lowest BCUT2D eigenvalue weighted by Crippen LogP contribution is -2.23. The highest BCUT2D eigenvalue weighted by molar-refractivity contribution is 7.19. The van der Waals surface area contributed by atoms with Crippen molar-refractivity contribution in [2.75, 3.05) is 0 Å². The molecule has 0 fully saturated rings. The molecule has 1 amide bonds. The van der Waals surface area contributed by atoms with Crippen molar-refractivity contribution in [3.8, 4) is 0 Å². The minimum atomic E-state index is -0.0901. The smallest absolute Gasteiger partial charge is 0.263 e. The molecule has 0 aliphatic heterocycles. The van der Waals surface area contributed by atoms with Gasteiger partial charge in [0.15, 0.2) is 4.96 Å². The Bertz CT molecular complexity index is 1000. The van der Waals surface area contributed by atoms with E-state index in [1.165, 1.54) is 11.3 Å². The third-order valence-electron chi connectivity index (χ3n) is 3.75. The Kier molecular flexibility index (Phi) is 3.31. The van der Waals surface area contributed by atoms with E-state index in [4.69, 9.17) is 0 Å². The lowest BCUT2D eigenvalue weighted by atomic mass is 10.3. The van der Waals surface area contributed by atoms with Crippen LogP contribution in [0.5, 0.6) is 0 Å². The number of hydrogen-bond donors (Lipinski definition) is 1. The van der Waals surface area contributed by atoms with Crippen molar-refractivity contribution in [1.82, 2.24) is 19.7 Å². The number of pyridine rings is 1. The molecule has 4 aromatic rings. The molecule has 3 heterocycles. The zero-order valence-electron chi connectivity index (χ0n) is 12.5. The number of carbonyl (C=O) groups is 1. The zero-order valence-corrected chi connectivity index (χ0v) is 13.3. The van der Waals surface area contributed by atoms with Crippen molar-refractivity contribution < 1.29 is 4.79 Å². The molecule has 114 valence electrons. The summed E-state index contributed by atoms with van der Waals surface area (Å²) >= 11 is 1.41. The molecule has 0 aliphatic rings. The minimum absolute atomic E-state index is 0.0901. The molecule has 23 heavy (non-hydrogen) atoms. The molecule has 0 atom stereocenters. The van der Waals surface area contributed by atoms with Crippen LogP contribution in [0.4, 0.5) is 0 Å². The van der Waals surface area contributed by atoms with Crippen LogP contribution in [0.1, 0.15) is 21.1 Å². The first-order valence-electron chi connectivity index (χ1n) is 7.29. The summed E-state index contributed by atoms with van der Waals surface area (Å²) in [5.41, 5.74) is 3.73. The Labute approximate surface area is 136 Å². The normalized spacial score (nSPS) is 11.2. The molecule has 0 saturated heterocycles. The van der Waals surface area contributed by atoms with E-state index in [1.54, 1.807) is 6.20 Å². The largest absolute Gasteiger partial charge is 0.346 e. The third-order valence-corrected chi connectivity index (χ3v) is 4.89. The molecule has 0 unspecified atom stereocenters. The SMILES string of the molecule is Cc1c(C(=O)NCc2ccccn2)sc2nc3ccccc3n12. The van der Waals surface area contributed by atoms with E-state index >= 15 is 0 Å². The van der Waals surface area contributed by atoms with E-state index in [-0.39, 0.29) is 5.91 Å². The number of imidazole rings is 1. The molecule has 5 nitrogen and oxygen atoms in total. The minimum Gasteiger partial charge on any atom is -0.346 e. The molecule has 0 saturated carbocycles. The van der Waals surface area contributed by atoms with Gasteiger partial charge in [0, 0.05) is 11.9 Å². The predicted molar refractivity (Wildman–Crippen MR) is 90.7 cm³/mol. The summed E-state index contributed by atoms with van der Waals surface area (Å²) in [7, 11) is 0. The van der Waals surface area contributed by atoms with Crippen LogP contribution < -0.4 is 5.32 Å². The molecular formula is C17H14N4OS. The fourth-order valence-electron chi connectivity index (χ4n) is 2.63. The number of nitrogens with one attached hydrogen (secondary N) is 1. The molecule has 4 rings (SSSR count). The summed E-state index contributed by atoms with van der Waals surface area (Å²) in [6.07, 6.45) is 1.72. The second-order valence-corrected chi connectivity index (χ2v) is 6.22. The fourth-order valence-corrected chi connectivity index (χ4v) is 3.68. The summed E-state index contributed by atoms with van der Waals surface area (Å²) in [6.45, 7) is 2.37. The van der Waals surface area contributed by atoms with Crippen LogP contribution in [0.2, 0.25) is 0 Å². The Morgan fingerprint density at radius 3 is 2.87 bits per heavy atom. The van der Waals surface area contributed by atoms with Crippen molar-refractivity contribution >= 4 is 33.2 Å². The number of fused-ring (bicyclic) bond motifs is 3. The monoisotopic (exact) mass is 322 g/mol. The van der Waals surface area contributed by atoms with Gasteiger partial charge >= 0.3 is 0 Å². The number of para-hydroxylation sites is 2. The highest BCUT2D eigenvalue weighted by Gasteiger charge is 2.18. The van der Waals surface area contributed by atoms with Gasteiger partial charge in [0.1, 0.15) is 4.88 Å². The van der Waals surface area contributed by atoms with Crippen molar-refractivity contribution in [2.24, 2.45) is 0 Å². The standard InChI is InChI=1S/C17H14N4OS/c1-11-15(16(22)19-10-12-6-4-5-9-18-12)23-17-20-13-7-2-3-8-14(13)21(11)17/h2-9H,10H2,1H3,(H,19,22). The summed E-state index contributed by atoms with van der Waals surface area (Å²) in [5.74, 6) is -0.0901. The van der Waals surface area contributed by atoms with E-state index in [0.29, 0.717) is 11.4 Å². The summed E-state index contributed by atoms with van der Waals surface area (Å²) < 4.78 is 2.04. The number of benzene rings is 1. The summed E-state index contributed by atoms with van der Waals surface area (Å²) in [5, 5.41) is 2.92. The second kappa shape index (κ2) is 5.48. The first-order chi connectivity index (χ1) is 11.2. The van der Waals surface area contributed by atoms with Gasteiger partial charge in [-0.2, -0.15) is 0 Å². The van der Waals surface area contributed by atoms with Crippen LogP contribution in [0, 0.1) is 6.92 Å². The number of aromatic nitrogens is 3. The van der Waals surface area contributed by atoms with E-state index in [9.17, 15) is 4.79 Å². The average molecular weight is 322 g/mol. The maximum atomic E-state index is 12.5. The van der Waals surface area contributed by atoms with Gasteiger partial charge in [-0.1, -0.05) is 29.5 Å². The van der Waals surface area contributed by atoms with Gasteiger partial charge in [-0.15, -0.1) is 0 Å². The number of carbonyl (C=O) groups excluding carboxylic acids is 1. The predicted octanol–water partition coefficient (Wildman–Crippen LogP) is 3.18. The number of rotatable bonds is 3. The highest BCUT2D eigenvalue weighted by atomic mass is 32.1.